The summed E-state index contributed by atoms with van der Waals surface area (Å²) in [6, 6.07) is 14.9. The molecule has 1 heterocycles. The molecule has 0 unspecified atom stereocenters. The maximum atomic E-state index is 12.3. The van der Waals surface area contributed by atoms with Crippen LogP contribution in [-0.4, -0.2) is 46.7 Å². The number of rotatable bonds is 10. The normalized spacial score (nSPS) is 10.6. The van der Waals surface area contributed by atoms with Gasteiger partial charge in [0.1, 0.15) is 5.75 Å². The number of nitrogens with zero attached hydrogens (tertiary/aromatic N) is 1. The lowest BCUT2D eigenvalue weighted by Crippen LogP contribution is -2.27. The van der Waals surface area contributed by atoms with Crippen LogP contribution in [0.2, 0.25) is 0 Å². The van der Waals surface area contributed by atoms with Crippen LogP contribution in [0.15, 0.2) is 53.0 Å². The van der Waals surface area contributed by atoms with Crippen molar-refractivity contribution in [1.29, 1.82) is 0 Å². The molecule has 0 saturated carbocycles. The van der Waals surface area contributed by atoms with Crippen LogP contribution in [0.4, 0.5) is 0 Å². The largest absolute Gasteiger partial charge is 0.497 e. The minimum atomic E-state index is -1.21. The molecule has 0 aliphatic carbocycles. The van der Waals surface area contributed by atoms with Gasteiger partial charge in [-0.15, -0.1) is 11.3 Å². The van der Waals surface area contributed by atoms with Crippen LogP contribution >= 0.6 is 27.3 Å². The molecule has 3 aromatic rings. The van der Waals surface area contributed by atoms with Crippen LogP contribution in [0.5, 0.6) is 11.5 Å². The highest BCUT2D eigenvalue weighted by Gasteiger charge is 2.24. The second-order valence-electron chi connectivity index (χ2n) is 7.31. The number of carboxylic acid groups (broad SMARTS) is 2. The van der Waals surface area contributed by atoms with Crippen molar-refractivity contribution in [2.24, 2.45) is 0 Å². The minimum Gasteiger partial charge on any atom is -0.497 e. The van der Waals surface area contributed by atoms with E-state index in [4.69, 9.17) is 14.6 Å². The van der Waals surface area contributed by atoms with Crippen molar-refractivity contribution in [3.63, 3.8) is 0 Å². The number of carbonyl (C=O) groups is 3. The lowest BCUT2D eigenvalue weighted by molar-refractivity contribution is -0.139. The number of methoxy groups -OCH3 is 1. The molecule has 0 bridgehead atoms. The van der Waals surface area contributed by atoms with Gasteiger partial charge in [-0.1, -0.05) is 30.3 Å². The van der Waals surface area contributed by atoms with Crippen LogP contribution < -0.4 is 9.47 Å². The van der Waals surface area contributed by atoms with Gasteiger partial charge < -0.3 is 24.6 Å². The molecule has 0 aliphatic heterocycles. The number of halogens is 1. The lowest BCUT2D eigenvalue weighted by Gasteiger charge is -2.22. The summed E-state index contributed by atoms with van der Waals surface area (Å²) in [6.45, 7) is 1.62. The predicted octanol–water partition coefficient (Wildman–Crippen LogP) is 4.90. The Labute approximate surface area is 208 Å². The Bertz CT molecular complexity index is 1210. The van der Waals surface area contributed by atoms with Gasteiger partial charge in [0.15, 0.2) is 17.2 Å². The number of aliphatic carboxylic acids is 1. The average Bonchev–Trinajstić information content (AvgIpc) is 3.14. The SMILES string of the molecule is COc1ccc(CN(Cc2cccc(-c3sc(C(=O)O)c(OCC(=O)O)c3Br)c2)C(C)=O)cc1. The van der Waals surface area contributed by atoms with E-state index in [1.165, 1.54) is 6.92 Å². The van der Waals surface area contributed by atoms with E-state index in [1.54, 1.807) is 12.0 Å². The Morgan fingerprint density at radius 2 is 1.71 bits per heavy atom. The summed E-state index contributed by atoms with van der Waals surface area (Å²) in [4.78, 5) is 37.1. The van der Waals surface area contributed by atoms with Crippen LogP contribution in [0.1, 0.15) is 27.7 Å². The van der Waals surface area contributed by atoms with E-state index in [-0.39, 0.29) is 16.5 Å². The van der Waals surface area contributed by atoms with Crippen molar-refractivity contribution >= 4 is 45.1 Å². The molecule has 10 heteroatoms. The van der Waals surface area contributed by atoms with Gasteiger partial charge in [-0.25, -0.2) is 9.59 Å². The number of aromatic carboxylic acids is 1. The Balaban J connectivity index is 1.87. The maximum absolute atomic E-state index is 12.3. The molecule has 1 amide bonds. The molecule has 1 aromatic heterocycles. The minimum absolute atomic E-state index is 0.0230. The van der Waals surface area contributed by atoms with Crippen LogP contribution in [-0.2, 0) is 22.7 Å². The van der Waals surface area contributed by atoms with E-state index < -0.39 is 18.5 Å². The summed E-state index contributed by atoms with van der Waals surface area (Å²) < 4.78 is 10.8. The van der Waals surface area contributed by atoms with Gasteiger partial charge in [0, 0.05) is 20.0 Å². The van der Waals surface area contributed by atoms with Crippen molar-refractivity contribution in [3.8, 4) is 21.9 Å². The van der Waals surface area contributed by atoms with Gasteiger partial charge >= 0.3 is 11.9 Å². The van der Waals surface area contributed by atoms with Gasteiger partial charge in [-0.2, -0.15) is 0 Å². The molecule has 8 nitrogen and oxygen atoms in total. The van der Waals surface area contributed by atoms with Gasteiger partial charge in [0.25, 0.3) is 0 Å². The molecule has 0 saturated heterocycles. The summed E-state index contributed by atoms with van der Waals surface area (Å²) in [5, 5.41) is 18.4. The van der Waals surface area contributed by atoms with E-state index >= 15 is 0 Å². The second-order valence-corrected chi connectivity index (χ2v) is 9.13. The first kappa shape index (κ1) is 25.3. The molecule has 0 atom stereocenters. The third kappa shape index (κ3) is 6.15. The number of hydrogen-bond acceptors (Lipinski definition) is 6. The zero-order chi connectivity index (χ0) is 24.8. The van der Waals surface area contributed by atoms with E-state index in [0.29, 0.717) is 22.4 Å². The van der Waals surface area contributed by atoms with Crippen LogP contribution in [0.25, 0.3) is 10.4 Å². The van der Waals surface area contributed by atoms with E-state index in [9.17, 15) is 19.5 Å². The molecule has 178 valence electrons. The zero-order valence-electron chi connectivity index (χ0n) is 18.4. The quantitative estimate of drug-likeness (QED) is 0.371. The molecule has 0 aliphatic rings. The summed E-state index contributed by atoms with van der Waals surface area (Å²) >= 11 is 4.35. The van der Waals surface area contributed by atoms with E-state index in [1.807, 2.05) is 48.5 Å². The topological polar surface area (TPSA) is 113 Å². The van der Waals surface area contributed by atoms with Gasteiger partial charge in [-0.3, -0.25) is 4.79 Å². The van der Waals surface area contributed by atoms with Crippen molar-refractivity contribution < 1.29 is 34.1 Å². The summed E-state index contributed by atoms with van der Waals surface area (Å²) in [7, 11) is 1.59. The highest BCUT2D eigenvalue weighted by molar-refractivity contribution is 9.10. The standard InChI is InChI=1S/C24H22BrNO7S/c1-14(27)26(11-15-6-8-18(32-2)9-7-15)12-16-4-3-5-17(10-16)22-20(25)21(33-13-19(28)29)23(34-22)24(30)31/h3-10H,11-13H2,1-2H3,(H,28,29)(H,30,31). The highest BCUT2D eigenvalue weighted by atomic mass is 79.9. The number of carbonyl (C=O) groups excluding carboxylic acids is 1. The van der Waals surface area contributed by atoms with Gasteiger partial charge in [-0.05, 0) is 50.8 Å². The number of benzene rings is 2. The molecule has 2 aromatic carbocycles. The first-order valence-electron chi connectivity index (χ1n) is 10.1. The average molecular weight is 548 g/mol. The van der Waals surface area contributed by atoms with Crippen LogP contribution in [0.3, 0.4) is 0 Å². The predicted molar refractivity (Wildman–Crippen MR) is 130 cm³/mol. The fourth-order valence-corrected chi connectivity index (χ4v) is 5.13. The molecule has 0 spiro atoms. The van der Waals surface area contributed by atoms with Crippen molar-refractivity contribution in [2.75, 3.05) is 13.7 Å². The van der Waals surface area contributed by atoms with Gasteiger partial charge in [0.05, 0.1) is 16.5 Å². The Morgan fingerprint density at radius 3 is 2.29 bits per heavy atom. The molecule has 0 radical (unpaired) electrons. The Hall–Kier alpha value is -3.37. The number of hydrogen-bond donors (Lipinski definition) is 2. The van der Waals surface area contributed by atoms with Crippen molar-refractivity contribution in [1.82, 2.24) is 4.90 Å². The van der Waals surface area contributed by atoms with E-state index in [2.05, 4.69) is 15.9 Å². The van der Waals surface area contributed by atoms with Gasteiger partial charge in [0.2, 0.25) is 5.91 Å². The molecule has 3 rings (SSSR count). The number of carboxylic acids is 2. The highest BCUT2D eigenvalue weighted by Crippen LogP contribution is 2.45. The second kappa shape index (κ2) is 11.2. The fourth-order valence-electron chi connectivity index (χ4n) is 3.25. The van der Waals surface area contributed by atoms with Crippen LogP contribution in [0, 0.1) is 0 Å². The lowest BCUT2D eigenvalue weighted by atomic mass is 10.1. The molecular weight excluding hydrogens is 526 g/mol. The smallest absolute Gasteiger partial charge is 0.349 e. The number of ether oxygens (including phenoxy) is 2. The fraction of sp³-hybridized carbons (Fsp3) is 0.208. The van der Waals surface area contributed by atoms with Crippen molar-refractivity contribution in [3.05, 3.63) is 69.0 Å². The monoisotopic (exact) mass is 547 g/mol. The molecule has 0 fully saturated rings. The number of amides is 1. The zero-order valence-corrected chi connectivity index (χ0v) is 20.8. The van der Waals surface area contributed by atoms with E-state index in [0.717, 1.165) is 33.8 Å². The molecule has 34 heavy (non-hydrogen) atoms. The summed E-state index contributed by atoms with van der Waals surface area (Å²) in [5.41, 5.74) is 2.53. The maximum Gasteiger partial charge on any atom is 0.349 e. The molecule has 2 N–H and O–H groups in total. The Kier molecular flexibility index (Phi) is 8.30. The van der Waals surface area contributed by atoms with Crippen molar-refractivity contribution in [2.45, 2.75) is 20.0 Å². The third-order valence-corrected chi connectivity index (χ3v) is 7.11. The molecular formula is C24H22BrNO7S. The first-order valence-corrected chi connectivity index (χ1v) is 11.7. The first-order chi connectivity index (χ1) is 16.2. The Morgan fingerprint density at radius 1 is 1.03 bits per heavy atom. The number of thiophene rings is 1. The summed E-state index contributed by atoms with van der Waals surface area (Å²) in [6.07, 6.45) is 0. The third-order valence-electron chi connectivity index (χ3n) is 4.88. The summed E-state index contributed by atoms with van der Waals surface area (Å²) in [5.74, 6) is -1.80.